The Balaban J connectivity index is 1.70. The van der Waals surface area contributed by atoms with Crippen LogP contribution in [0.2, 0.25) is 0 Å². The molecule has 2 heteroatoms. The molecule has 2 fully saturated rings. The molecule has 2 heterocycles. The Kier molecular flexibility index (Phi) is 3.16. The smallest absolute Gasteiger partial charge is 0.102 e. The Morgan fingerprint density at radius 3 is 2.28 bits per heavy atom. The fourth-order valence-corrected chi connectivity index (χ4v) is 3.80. The number of hydrogen-bond acceptors (Lipinski definition) is 1. The molecular formula is C16H25N2+. The van der Waals surface area contributed by atoms with E-state index in [-0.39, 0.29) is 0 Å². The van der Waals surface area contributed by atoms with Crippen LogP contribution in [0.25, 0.3) is 0 Å². The van der Waals surface area contributed by atoms with Gasteiger partial charge in [-0.2, -0.15) is 0 Å². The summed E-state index contributed by atoms with van der Waals surface area (Å²) in [5.41, 5.74) is 1.46. The topological polar surface area (TPSA) is 3.24 Å². The Morgan fingerprint density at radius 1 is 1.06 bits per heavy atom. The molecule has 0 N–H and O–H groups in total. The van der Waals surface area contributed by atoms with Crippen molar-refractivity contribution in [3.8, 4) is 0 Å². The first-order chi connectivity index (χ1) is 8.66. The van der Waals surface area contributed by atoms with Crippen molar-refractivity contribution >= 4 is 0 Å². The van der Waals surface area contributed by atoms with Gasteiger partial charge in [0.25, 0.3) is 0 Å². The average Bonchev–Trinajstić information content (AvgIpc) is 2.31. The molecule has 2 saturated heterocycles. The first-order valence-corrected chi connectivity index (χ1v) is 7.26. The summed E-state index contributed by atoms with van der Waals surface area (Å²) in [5.74, 6) is 0. The van der Waals surface area contributed by atoms with Gasteiger partial charge in [0.15, 0.2) is 0 Å². The van der Waals surface area contributed by atoms with Crippen LogP contribution < -0.4 is 0 Å². The highest BCUT2D eigenvalue weighted by Crippen LogP contribution is 2.33. The molecular weight excluding hydrogens is 220 g/mol. The second-order valence-electron chi connectivity index (χ2n) is 6.55. The number of hydrogen-bond donors (Lipinski definition) is 0. The summed E-state index contributed by atoms with van der Waals surface area (Å²) in [6.45, 7) is 3.69. The van der Waals surface area contributed by atoms with Crippen molar-refractivity contribution in [1.29, 1.82) is 0 Å². The number of benzene rings is 1. The minimum absolute atomic E-state index is 0.848. The predicted octanol–water partition coefficient (Wildman–Crippen LogP) is 2.50. The third-order valence-electron chi connectivity index (χ3n) is 5.14. The quantitative estimate of drug-likeness (QED) is 0.724. The Bertz CT molecular complexity index is 383. The van der Waals surface area contributed by atoms with Crippen molar-refractivity contribution in [2.24, 2.45) is 0 Å². The normalized spacial score (nSPS) is 31.2. The zero-order valence-electron chi connectivity index (χ0n) is 11.7. The van der Waals surface area contributed by atoms with Gasteiger partial charge >= 0.3 is 0 Å². The Labute approximate surface area is 111 Å². The van der Waals surface area contributed by atoms with E-state index in [0.29, 0.717) is 0 Å². The number of piperidine rings is 1. The fourth-order valence-electron chi connectivity index (χ4n) is 3.80. The first kappa shape index (κ1) is 12.2. The van der Waals surface area contributed by atoms with Crippen molar-refractivity contribution in [1.82, 2.24) is 4.90 Å². The summed E-state index contributed by atoms with van der Waals surface area (Å²) in [5, 5.41) is 0. The molecule has 2 aliphatic heterocycles. The third kappa shape index (κ3) is 2.19. The van der Waals surface area contributed by atoms with Crippen molar-refractivity contribution in [3.05, 3.63) is 35.9 Å². The Morgan fingerprint density at radius 2 is 1.67 bits per heavy atom. The zero-order valence-corrected chi connectivity index (χ0v) is 11.7. The van der Waals surface area contributed by atoms with Crippen LogP contribution in [-0.2, 0) is 6.54 Å². The maximum absolute atomic E-state index is 2.67. The van der Waals surface area contributed by atoms with E-state index in [0.717, 1.165) is 18.6 Å². The molecule has 2 aliphatic rings. The van der Waals surface area contributed by atoms with E-state index in [1.807, 2.05) is 0 Å². The van der Waals surface area contributed by atoms with E-state index in [4.69, 9.17) is 0 Å². The average molecular weight is 245 g/mol. The lowest BCUT2D eigenvalue weighted by Crippen LogP contribution is -2.68. The van der Waals surface area contributed by atoms with E-state index >= 15 is 0 Å². The first-order valence-electron chi connectivity index (χ1n) is 7.26. The number of likely N-dealkylation sites (tertiary alicyclic amines) is 1. The number of fused-ring (bicyclic) bond motifs is 2. The Hall–Kier alpha value is -0.860. The minimum atomic E-state index is 0.848. The van der Waals surface area contributed by atoms with Crippen molar-refractivity contribution in [2.75, 3.05) is 27.2 Å². The predicted molar refractivity (Wildman–Crippen MR) is 75.3 cm³/mol. The van der Waals surface area contributed by atoms with Crippen LogP contribution >= 0.6 is 0 Å². The largest absolute Gasteiger partial charge is 0.322 e. The number of nitrogens with zero attached hydrogens (tertiary/aromatic N) is 2. The number of rotatable bonds is 2. The lowest BCUT2D eigenvalue weighted by Gasteiger charge is -2.54. The van der Waals surface area contributed by atoms with Crippen LogP contribution in [0, 0.1) is 0 Å². The zero-order chi connectivity index (χ0) is 12.6. The van der Waals surface area contributed by atoms with Crippen LogP contribution in [0.5, 0.6) is 0 Å². The molecule has 2 bridgehead atoms. The van der Waals surface area contributed by atoms with Crippen LogP contribution in [0.4, 0.5) is 0 Å². The lowest BCUT2D eigenvalue weighted by molar-refractivity contribution is -0.948. The highest BCUT2D eigenvalue weighted by atomic mass is 15.4. The van der Waals surface area contributed by atoms with Gasteiger partial charge in [-0.25, -0.2) is 0 Å². The summed E-state index contributed by atoms with van der Waals surface area (Å²) in [6.07, 6.45) is 4.26. The van der Waals surface area contributed by atoms with Gasteiger partial charge < -0.3 is 4.48 Å². The molecule has 3 rings (SSSR count). The van der Waals surface area contributed by atoms with Gasteiger partial charge in [0.2, 0.25) is 0 Å². The molecule has 1 aromatic rings. The molecule has 0 saturated carbocycles. The van der Waals surface area contributed by atoms with Crippen LogP contribution in [-0.4, -0.2) is 48.7 Å². The van der Waals surface area contributed by atoms with Gasteiger partial charge in [0.05, 0.1) is 27.2 Å². The fraction of sp³-hybridized carbons (Fsp3) is 0.625. The van der Waals surface area contributed by atoms with Gasteiger partial charge in [0.1, 0.15) is 12.1 Å². The molecule has 0 amide bonds. The summed E-state index contributed by atoms with van der Waals surface area (Å²) in [7, 11) is 4.88. The molecule has 0 aliphatic carbocycles. The van der Waals surface area contributed by atoms with Crippen molar-refractivity contribution < 1.29 is 4.48 Å². The molecule has 98 valence electrons. The number of likely N-dealkylation sites (N-methyl/N-ethyl adjacent to an activating group) is 1. The molecule has 2 atom stereocenters. The van der Waals surface area contributed by atoms with Gasteiger partial charge in [-0.3, -0.25) is 4.90 Å². The maximum atomic E-state index is 2.67. The van der Waals surface area contributed by atoms with Gasteiger partial charge in [-0.15, -0.1) is 0 Å². The maximum Gasteiger partial charge on any atom is 0.102 e. The summed E-state index contributed by atoms with van der Waals surface area (Å²) >= 11 is 0. The monoisotopic (exact) mass is 245 g/mol. The molecule has 0 aromatic heterocycles. The second kappa shape index (κ2) is 4.67. The highest BCUT2D eigenvalue weighted by Gasteiger charge is 2.45. The van der Waals surface area contributed by atoms with E-state index in [1.54, 1.807) is 0 Å². The van der Waals surface area contributed by atoms with E-state index < -0.39 is 0 Å². The third-order valence-corrected chi connectivity index (χ3v) is 5.14. The van der Waals surface area contributed by atoms with Gasteiger partial charge in [0, 0.05) is 19.4 Å². The SMILES string of the molecule is C[N+]1(C)C2CCCC1CN(Cc1ccccc1)C2. The molecule has 0 radical (unpaired) electrons. The molecule has 2 nitrogen and oxygen atoms in total. The standard InChI is InChI=1S/C16H25N2/c1-18(2)15-9-6-10-16(18)13-17(12-15)11-14-7-4-3-5-8-14/h3-5,7-8,15-16H,6,9-13H2,1-2H3/q+1. The summed E-state index contributed by atoms with van der Waals surface area (Å²) in [6, 6.07) is 12.6. The summed E-state index contributed by atoms with van der Waals surface area (Å²) < 4.78 is 1.26. The molecule has 18 heavy (non-hydrogen) atoms. The number of piperazine rings is 1. The minimum Gasteiger partial charge on any atom is -0.322 e. The van der Waals surface area contributed by atoms with Crippen LogP contribution in [0.3, 0.4) is 0 Å². The molecule has 2 unspecified atom stereocenters. The van der Waals surface area contributed by atoms with Crippen molar-refractivity contribution in [2.45, 2.75) is 37.9 Å². The highest BCUT2D eigenvalue weighted by molar-refractivity contribution is 5.14. The van der Waals surface area contributed by atoms with Crippen LogP contribution in [0.15, 0.2) is 30.3 Å². The number of quaternary nitrogens is 1. The van der Waals surface area contributed by atoms with E-state index in [2.05, 4.69) is 49.3 Å². The molecule has 0 spiro atoms. The van der Waals surface area contributed by atoms with E-state index in [1.165, 1.54) is 42.4 Å². The van der Waals surface area contributed by atoms with Crippen LogP contribution in [0.1, 0.15) is 24.8 Å². The molecule has 1 aromatic carbocycles. The van der Waals surface area contributed by atoms with Gasteiger partial charge in [-0.1, -0.05) is 30.3 Å². The lowest BCUT2D eigenvalue weighted by atomic mass is 9.89. The van der Waals surface area contributed by atoms with E-state index in [9.17, 15) is 0 Å². The van der Waals surface area contributed by atoms with Gasteiger partial charge in [-0.05, 0) is 12.0 Å². The summed E-state index contributed by atoms with van der Waals surface area (Å²) in [4.78, 5) is 2.67. The van der Waals surface area contributed by atoms with Crippen molar-refractivity contribution in [3.63, 3.8) is 0 Å². The second-order valence-corrected chi connectivity index (χ2v) is 6.55.